The minimum Gasteiger partial charge on any atom is -0.454 e. The van der Waals surface area contributed by atoms with Crippen molar-refractivity contribution >= 4 is 17.6 Å². The van der Waals surface area contributed by atoms with E-state index >= 15 is 0 Å². The molecule has 0 atom stereocenters. The van der Waals surface area contributed by atoms with Gasteiger partial charge in [-0.3, -0.25) is 0 Å². The van der Waals surface area contributed by atoms with E-state index in [2.05, 4.69) is 30.3 Å². The molecule has 1 aromatic heterocycles. The molecule has 1 aromatic carbocycles. The molecule has 0 radical (unpaired) electrons. The number of alkyl halides is 6. The first kappa shape index (κ1) is 21.9. The topological polar surface area (TPSA) is 72.0 Å². The number of ether oxygens (including phenoxy) is 1. The molecular weight excluding hydrogens is 416 g/mol. The zero-order valence-corrected chi connectivity index (χ0v) is 15.6. The highest BCUT2D eigenvalue weighted by molar-refractivity contribution is 5.56. The molecule has 0 amide bonds. The molecule has 2 N–H and O–H groups in total. The lowest BCUT2D eigenvalue weighted by molar-refractivity contribution is -0.154. The minimum absolute atomic E-state index is 0.0106. The van der Waals surface area contributed by atoms with Crippen LogP contribution in [0.1, 0.15) is 37.7 Å². The highest BCUT2D eigenvalue weighted by Gasteiger charge is 2.31. The molecule has 3 rings (SSSR count). The number of hydrogen-bond donors (Lipinski definition) is 2. The van der Waals surface area contributed by atoms with Gasteiger partial charge in [0, 0.05) is 11.7 Å². The molecule has 12 heteroatoms. The van der Waals surface area contributed by atoms with Gasteiger partial charge in [0.2, 0.25) is 11.9 Å². The summed E-state index contributed by atoms with van der Waals surface area (Å²) in [6.07, 6.45) is -4.37. The van der Waals surface area contributed by atoms with Crippen LogP contribution >= 0.6 is 0 Å². The summed E-state index contributed by atoms with van der Waals surface area (Å²) in [5.41, 5.74) is -0.878. The number of nitrogens with one attached hydrogen (secondary N) is 2. The molecule has 1 aliphatic carbocycles. The largest absolute Gasteiger partial charge is 0.454 e. The summed E-state index contributed by atoms with van der Waals surface area (Å²) in [5, 5.41) is 5.60. The third-order valence-electron chi connectivity index (χ3n) is 4.36. The van der Waals surface area contributed by atoms with Gasteiger partial charge < -0.3 is 15.4 Å². The van der Waals surface area contributed by atoms with Crippen LogP contribution in [0, 0.1) is 0 Å². The van der Waals surface area contributed by atoms with E-state index in [0.717, 1.165) is 44.2 Å². The third kappa shape index (κ3) is 6.63. The van der Waals surface area contributed by atoms with Gasteiger partial charge in [0.05, 0.1) is 5.56 Å². The van der Waals surface area contributed by atoms with Crippen LogP contribution in [0.15, 0.2) is 24.3 Å². The quantitative estimate of drug-likeness (QED) is 0.599. The van der Waals surface area contributed by atoms with Crippen LogP contribution in [0.25, 0.3) is 0 Å². The first-order valence-corrected chi connectivity index (χ1v) is 9.25. The molecule has 6 nitrogen and oxygen atoms in total. The summed E-state index contributed by atoms with van der Waals surface area (Å²) in [5.74, 6) is -0.247. The summed E-state index contributed by atoms with van der Waals surface area (Å²) in [6, 6.07) is 3.73. The maximum atomic E-state index is 12.9. The summed E-state index contributed by atoms with van der Waals surface area (Å²) >= 11 is 0. The Balaban J connectivity index is 1.83. The van der Waals surface area contributed by atoms with Gasteiger partial charge in [0.15, 0.2) is 6.61 Å². The van der Waals surface area contributed by atoms with Crippen molar-refractivity contribution in [3.05, 3.63) is 29.8 Å². The summed E-state index contributed by atoms with van der Waals surface area (Å²) in [7, 11) is 0. The number of hydrogen-bond acceptors (Lipinski definition) is 6. The van der Waals surface area contributed by atoms with E-state index in [1.807, 2.05) is 0 Å². The van der Waals surface area contributed by atoms with Gasteiger partial charge in [-0.1, -0.05) is 25.3 Å². The van der Waals surface area contributed by atoms with Crippen molar-refractivity contribution < 1.29 is 31.1 Å². The molecule has 0 aliphatic heterocycles. The van der Waals surface area contributed by atoms with Crippen molar-refractivity contribution in [2.24, 2.45) is 0 Å². The Bertz CT molecular complexity index is 852. The molecule has 1 aliphatic rings. The average molecular weight is 435 g/mol. The molecule has 0 unspecified atom stereocenters. The fraction of sp³-hybridized carbons (Fsp3) is 0.500. The van der Waals surface area contributed by atoms with Gasteiger partial charge in [-0.05, 0) is 31.0 Å². The fourth-order valence-electron chi connectivity index (χ4n) is 3.02. The van der Waals surface area contributed by atoms with Crippen LogP contribution in [-0.4, -0.2) is 33.8 Å². The number of halogens is 6. The molecule has 1 heterocycles. The number of rotatable bonds is 6. The molecule has 0 spiro atoms. The van der Waals surface area contributed by atoms with Gasteiger partial charge >= 0.3 is 18.4 Å². The second kappa shape index (κ2) is 8.92. The van der Waals surface area contributed by atoms with Crippen LogP contribution in [0.5, 0.6) is 6.01 Å². The van der Waals surface area contributed by atoms with Gasteiger partial charge in [-0.15, -0.1) is 0 Å². The lowest BCUT2D eigenvalue weighted by atomic mass is 9.96. The Morgan fingerprint density at radius 1 is 0.933 bits per heavy atom. The summed E-state index contributed by atoms with van der Waals surface area (Å²) in [6.45, 7) is -1.61. The molecule has 164 valence electrons. The van der Waals surface area contributed by atoms with Crippen molar-refractivity contribution in [3.8, 4) is 6.01 Å². The smallest absolute Gasteiger partial charge is 0.422 e. The fourth-order valence-corrected chi connectivity index (χ4v) is 3.02. The third-order valence-corrected chi connectivity index (χ3v) is 4.36. The molecule has 2 aromatic rings. The van der Waals surface area contributed by atoms with Gasteiger partial charge in [-0.25, -0.2) is 0 Å². The van der Waals surface area contributed by atoms with Crippen molar-refractivity contribution in [2.45, 2.75) is 50.5 Å². The summed E-state index contributed by atoms with van der Waals surface area (Å²) in [4.78, 5) is 11.7. The Labute approximate surface area is 168 Å². The van der Waals surface area contributed by atoms with Crippen LogP contribution in [-0.2, 0) is 6.18 Å². The second-order valence-electron chi connectivity index (χ2n) is 6.85. The van der Waals surface area contributed by atoms with Crippen molar-refractivity contribution in [1.29, 1.82) is 0 Å². The Kier molecular flexibility index (Phi) is 6.52. The van der Waals surface area contributed by atoms with Crippen LogP contribution in [0.3, 0.4) is 0 Å². The Morgan fingerprint density at radius 3 is 2.30 bits per heavy atom. The minimum atomic E-state index is -4.60. The predicted molar refractivity (Wildman–Crippen MR) is 96.6 cm³/mol. The standard InChI is InChI=1S/C18H19F6N5O/c19-17(20,21)10-30-16-28-14(25-12-6-2-1-3-7-12)27-15(29-16)26-13-8-4-5-11(9-13)18(22,23)24/h4-5,8-9,12H,1-3,6-7,10H2,(H2,25,26,27,28,29). The summed E-state index contributed by atoms with van der Waals surface area (Å²) < 4.78 is 80.8. The van der Waals surface area contributed by atoms with E-state index in [-0.39, 0.29) is 23.6 Å². The van der Waals surface area contributed by atoms with E-state index < -0.39 is 30.5 Å². The SMILES string of the molecule is FC(F)(F)COc1nc(Nc2cccc(C(F)(F)F)c2)nc(NC2CCCCC2)n1. The van der Waals surface area contributed by atoms with Crippen LogP contribution in [0.4, 0.5) is 43.9 Å². The maximum Gasteiger partial charge on any atom is 0.422 e. The van der Waals surface area contributed by atoms with Crippen molar-refractivity contribution in [3.63, 3.8) is 0 Å². The van der Waals surface area contributed by atoms with Gasteiger partial charge in [0.1, 0.15) is 0 Å². The lowest BCUT2D eigenvalue weighted by Crippen LogP contribution is -2.25. The molecule has 1 saturated carbocycles. The van der Waals surface area contributed by atoms with E-state index in [1.165, 1.54) is 12.1 Å². The van der Waals surface area contributed by atoms with Crippen LogP contribution in [0.2, 0.25) is 0 Å². The molecule has 0 bridgehead atoms. The number of aromatic nitrogens is 3. The van der Waals surface area contributed by atoms with Crippen LogP contribution < -0.4 is 15.4 Å². The zero-order valence-electron chi connectivity index (χ0n) is 15.6. The normalized spacial score (nSPS) is 15.7. The molecule has 1 fully saturated rings. The first-order valence-electron chi connectivity index (χ1n) is 9.25. The Hall–Kier alpha value is -2.79. The van der Waals surface area contributed by atoms with Gasteiger partial charge in [0.25, 0.3) is 0 Å². The molecular formula is C18H19F6N5O. The Morgan fingerprint density at radius 2 is 1.63 bits per heavy atom. The highest BCUT2D eigenvalue weighted by atomic mass is 19.4. The number of anilines is 3. The van der Waals surface area contributed by atoms with E-state index in [1.54, 1.807) is 0 Å². The first-order chi connectivity index (χ1) is 14.1. The van der Waals surface area contributed by atoms with Gasteiger partial charge in [-0.2, -0.15) is 41.3 Å². The van der Waals surface area contributed by atoms with E-state index in [9.17, 15) is 26.3 Å². The van der Waals surface area contributed by atoms with Crippen molar-refractivity contribution in [2.75, 3.05) is 17.2 Å². The number of nitrogens with zero attached hydrogens (tertiary/aromatic N) is 3. The maximum absolute atomic E-state index is 12.9. The predicted octanol–water partition coefficient (Wildman–Crippen LogP) is 5.32. The number of benzene rings is 1. The lowest BCUT2D eigenvalue weighted by Gasteiger charge is -2.23. The van der Waals surface area contributed by atoms with Crippen molar-refractivity contribution in [1.82, 2.24) is 15.0 Å². The molecule has 0 saturated heterocycles. The monoisotopic (exact) mass is 435 g/mol. The zero-order chi connectivity index (χ0) is 21.8. The highest BCUT2D eigenvalue weighted by Crippen LogP contribution is 2.31. The second-order valence-corrected chi connectivity index (χ2v) is 6.85. The average Bonchev–Trinajstić information content (AvgIpc) is 2.66. The molecule has 30 heavy (non-hydrogen) atoms. The van der Waals surface area contributed by atoms with E-state index in [0.29, 0.717) is 0 Å². The van der Waals surface area contributed by atoms with E-state index in [4.69, 9.17) is 0 Å².